The minimum Gasteiger partial charge on any atom is -0.490 e. The highest BCUT2D eigenvalue weighted by atomic mass is 32.2. The van der Waals surface area contributed by atoms with Crippen molar-refractivity contribution in [3.8, 4) is 5.75 Å². The Bertz CT molecular complexity index is 874. The van der Waals surface area contributed by atoms with Crippen molar-refractivity contribution in [2.45, 2.75) is 19.2 Å². The number of fused-ring (bicyclic) bond motifs is 1. The molecule has 26 heavy (non-hydrogen) atoms. The summed E-state index contributed by atoms with van der Waals surface area (Å²) in [5.74, 6) is 2.11. The standard InChI is InChI=1S/C20H22N2O3S/c1-15-7-9-16(10-8-15)24-11-12-25-20(23)13-22-18-6-4-3-5-17(18)21-19(22)14-26-2/h3-10H,11-14H2,1-2H3. The van der Waals surface area contributed by atoms with Crippen LogP contribution in [0.5, 0.6) is 5.75 Å². The van der Waals surface area contributed by atoms with Gasteiger partial charge in [0, 0.05) is 0 Å². The molecule has 0 saturated carbocycles. The number of esters is 1. The number of aryl methyl sites for hydroxylation is 1. The van der Waals surface area contributed by atoms with E-state index in [-0.39, 0.29) is 19.1 Å². The highest BCUT2D eigenvalue weighted by molar-refractivity contribution is 7.97. The molecule has 0 radical (unpaired) electrons. The van der Waals surface area contributed by atoms with E-state index in [2.05, 4.69) is 4.98 Å². The van der Waals surface area contributed by atoms with Gasteiger partial charge >= 0.3 is 5.97 Å². The molecule has 0 spiro atoms. The van der Waals surface area contributed by atoms with E-state index in [1.165, 1.54) is 5.56 Å². The van der Waals surface area contributed by atoms with E-state index < -0.39 is 0 Å². The van der Waals surface area contributed by atoms with Gasteiger partial charge in [-0.05, 0) is 37.4 Å². The zero-order chi connectivity index (χ0) is 18.4. The summed E-state index contributed by atoms with van der Waals surface area (Å²) in [6.45, 7) is 2.73. The van der Waals surface area contributed by atoms with Crippen molar-refractivity contribution in [1.82, 2.24) is 9.55 Å². The van der Waals surface area contributed by atoms with E-state index in [0.29, 0.717) is 6.61 Å². The second-order valence-electron chi connectivity index (χ2n) is 5.92. The first-order chi connectivity index (χ1) is 12.7. The molecule has 0 aliphatic heterocycles. The molecule has 0 N–H and O–H groups in total. The Morgan fingerprint density at radius 2 is 1.88 bits per heavy atom. The summed E-state index contributed by atoms with van der Waals surface area (Å²) in [6.07, 6.45) is 2.02. The number of hydrogen-bond acceptors (Lipinski definition) is 5. The molecular weight excluding hydrogens is 348 g/mol. The smallest absolute Gasteiger partial charge is 0.326 e. The lowest BCUT2D eigenvalue weighted by atomic mass is 10.2. The first-order valence-electron chi connectivity index (χ1n) is 8.45. The van der Waals surface area contributed by atoms with Gasteiger partial charge in [0.25, 0.3) is 0 Å². The fourth-order valence-corrected chi connectivity index (χ4v) is 3.14. The zero-order valence-electron chi connectivity index (χ0n) is 15.0. The average Bonchev–Trinajstić information content (AvgIpc) is 2.98. The molecule has 1 aromatic heterocycles. The van der Waals surface area contributed by atoms with Crippen LogP contribution in [-0.2, 0) is 21.8 Å². The number of thioether (sulfide) groups is 1. The van der Waals surface area contributed by atoms with Gasteiger partial charge in [-0.2, -0.15) is 11.8 Å². The Kier molecular flexibility index (Phi) is 6.17. The molecule has 0 atom stereocenters. The maximum atomic E-state index is 12.2. The van der Waals surface area contributed by atoms with Crippen molar-refractivity contribution >= 4 is 28.8 Å². The molecule has 0 aliphatic rings. The minimum absolute atomic E-state index is 0.154. The number of rotatable bonds is 8. The lowest BCUT2D eigenvalue weighted by molar-refractivity contribution is -0.145. The predicted octanol–water partition coefficient (Wildman–Crippen LogP) is 3.83. The van der Waals surface area contributed by atoms with E-state index in [1.54, 1.807) is 11.8 Å². The molecule has 6 heteroatoms. The molecule has 136 valence electrons. The van der Waals surface area contributed by atoms with Crippen LogP contribution in [0.4, 0.5) is 0 Å². The van der Waals surface area contributed by atoms with Gasteiger partial charge in [0.2, 0.25) is 0 Å². The van der Waals surface area contributed by atoms with Gasteiger partial charge in [-0.3, -0.25) is 4.79 Å². The van der Waals surface area contributed by atoms with Crippen molar-refractivity contribution in [2.75, 3.05) is 19.5 Å². The first kappa shape index (κ1) is 18.3. The van der Waals surface area contributed by atoms with Crippen LogP contribution in [0, 0.1) is 6.92 Å². The normalized spacial score (nSPS) is 10.8. The highest BCUT2D eigenvalue weighted by Crippen LogP contribution is 2.19. The number of para-hydroxylation sites is 2. The number of ether oxygens (including phenoxy) is 2. The van der Waals surface area contributed by atoms with Crippen LogP contribution in [0.2, 0.25) is 0 Å². The summed E-state index contributed by atoms with van der Waals surface area (Å²) in [4.78, 5) is 16.8. The van der Waals surface area contributed by atoms with Crippen LogP contribution < -0.4 is 4.74 Å². The second-order valence-corrected chi connectivity index (χ2v) is 6.78. The molecule has 0 unspecified atom stereocenters. The summed E-state index contributed by atoms with van der Waals surface area (Å²) in [5.41, 5.74) is 3.02. The van der Waals surface area contributed by atoms with Gasteiger partial charge in [-0.25, -0.2) is 4.98 Å². The van der Waals surface area contributed by atoms with Crippen molar-refractivity contribution in [3.63, 3.8) is 0 Å². The second kappa shape index (κ2) is 8.76. The molecule has 5 nitrogen and oxygen atoms in total. The Morgan fingerprint density at radius 3 is 2.65 bits per heavy atom. The molecule has 0 fully saturated rings. The zero-order valence-corrected chi connectivity index (χ0v) is 15.8. The summed E-state index contributed by atoms with van der Waals surface area (Å²) < 4.78 is 12.8. The minimum atomic E-state index is -0.289. The average molecular weight is 370 g/mol. The Labute approximate surface area is 157 Å². The van der Waals surface area contributed by atoms with Gasteiger partial charge in [-0.1, -0.05) is 29.8 Å². The van der Waals surface area contributed by atoms with Crippen LogP contribution in [0.3, 0.4) is 0 Å². The maximum Gasteiger partial charge on any atom is 0.326 e. The lowest BCUT2D eigenvalue weighted by Gasteiger charge is -2.10. The molecular formula is C20H22N2O3S. The number of carbonyl (C=O) groups is 1. The molecule has 0 amide bonds. The Hall–Kier alpha value is -2.47. The van der Waals surface area contributed by atoms with Crippen molar-refractivity contribution in [2.24, 2.45) is 0 Å². The molecule has 3 rings (SSSR count). The number of imidazole rings is 1. The third kappa shape index (κ3) is 4.58. The van der Waals surface area contributed by atoms with Gasteiger partial charge < -0.3 is 14.0 Å². The van der Waals surface area contributed by atoms with E-state index in [0.717, 1.165) is 28.4 Å². The van der Waals surface area contributed by atoms with Gasteiger partial charge in [0.05, 0.1) is 16.8 Å². The molecule has 0 bridgehead atoms. The summed E-state index contributed by atoms with van der Waals surface area (Å²) in [7, 11) is 0. The molecule has 1 heterocycles. The van der Waals surface area contributed by atoms with Crippen LogP contribution in [0.1, 0.15) is 11.4 Å². The van der Waals surface area contributed by atoms with Crippen LogP contribution in [-0.4, -0.2) is 35.0 Å². The predicted molar refractivity (Wildman–Crippen MR) is 105 cm³/mol. The van der Waals surface area contributed by atoms with Gasteiger partial charge in [0.15, 0.2) is 0 Å². The Balaban J connectivity index is 1.55. The van der Waals surface area contributed by atoms with Gasteiger partial charge in [-0.15, -0.1) is 0 Å². The summed E-state index contributed by atoms with van der Waals surface area (Å²) in [5, 5.41) is 0. The van der Waals surface area contributed by atoms with E-state index in [4.69, 9.17) is 9.47 Å². The van der Waals surface area contributed by atoms with E-state index >= 15 is 0 Å². The number of benzene rings is 2. The quantitative estimate of drug-likeness (QED) is 0.446. The topological polar surface area (TPSA) is 53.4 Å². The van der Waals surface area contributed by atoms with E-state index in [1.807, 2.05) is 66.3 Å². The first-order valence-corrected chi connectivity index (χ1v) is 9.85. The number of carbonyl (C=O) groups excluding carboxylic acids is 1. The maximum absolute atomic E-state index is 12.2. The molecule has 0 aliphatic carbocycles. The summed E-state index contributed by atoms with van der Waals surface area (Å²) >= 11 is 1.68. The van der Waals surface area contributed by atoms with Crippen molar-refractivity contribution in [1.29, 1.82) is 0 Å². The van der Waals surface area contributed by atoms with Crippen LogP contribution in [0.25, 0.3) is 11.0 Å². The van der Waals surface area contributed by atoms with E-state index in [9.17, 15) is 4.79 Å². The fourth-order valence-electron chi connectivity index (χ4n) is 2.67. The summed E-state index contributed by atoms with van der Waals surface area (Å²) in [6, 6.07) is 15.6. The van der Waals surface area contributed by atoms with Crippen LogP contribution in [0.15, 0.2) is 48.5 Å². The van der Waals surface area contributed by atoms with Crippen molar-refractivity contribution < 1.29 is 14.3 Å². The largest absolute Gasteiger partial charge is 0.490 e. The highest BCUT2D eigenvalue weighted by Gasteiger charge is 2.14. The molecule has 2 aromatic carbocycles. The SMILES string of the molecule is CSCc1nc2ccccc2n1CC(=O)OCCOc1ccc(C)cc1. The number of nitrogens with zero attached hydrogens (tertiary/aromatic N) is 2. The molecule has 3 aromatic rings. The fraction of sp³-hybridized carbons (Fsp3) is 0.300. The molecule has 0 saturated heterocycles. The monoisotopic (exact) mass is 370 g/mol. The number of hydrogen-bond donors (Lipinski definition) is 0. The Morgan fingerprint density at radius 1 is 1.12 bits per heavy atom. The third-order valence-electron chi connectivity index (χ3n) is 3.93. The third-order valence-corrected chi connectivity index (χ3v) is 4.48. The van der Waals surface area contributed by atoms with Crippen LogP contribution >= 0.6 is 11.8 Å². The lowest BCUT2D eigenvalue weighted by Crippen LogP contribution is -2.18. The van der Waals surface area contributed by atoms with Gasteiger partial charge in [0.1, 0.15) is 31.3 Å². The number of aromatic nitrogens is 2. The van der Waals surface area contributed by atoms with Crippen molar-refractivity contribution in [3.05, 3.63) is 59.9 Å².